The van der Waals surface area contributed by atoms with Gasteiger partial charge in [0.05, 0.1) is 0 Å². The normalized spacial score (nSPS) is 30.1. The molecule has 4 rings (SSSR count). The van der Waals surface area contributed by atoms with Crippen LogP contribution in [-0.2, 0) is 21.5 Å². The minimum absolute atomic E-state index is 0.0937. The Labute approximate surface area is 116 Å². The molecule has 1 fully saturated rings. The number of hydrogen-bond donors (Lipinski definition) is 2. The highest BCUT2D eigenvalue weighted by Gasteiger charge is 2.54. The average Bonchev–Trinajstić information content (AvgIpc) is 2.97. The van der Waals surface area contributed by atoms with Gasteiger partial charge in [-0.15, -0.1) is 0 Å². The highest BCUT2D eigenvalue weighted by molar-refractivity contribution is 7.91. The molecule has 0 saturated carbocycles. The fourth-order valence-electron chi connectivity index (χ4n) is 2.79. The van der Waals surface area contributed by atoms with Crippen LogP contribution in [0.3, 0.4) is 0 Å². The summed E-state index contributed by atoms with van der Waals surface area (Å²) in [5.41, 5.74) is -0.629. The zero-order valence-corrected chi connectivity index (χ0v) is 11.0. The molecule has 0 bridgehead atoms. The van der Waals surface area contributed by atoms with Gasteiger partial charge in [-0.05, 0) is 17.2 Å². The van der Waals surface area contributed by atoms with Crippen LogP contribution in [0.15, 0.2) is 17.0 Å². The van der Waals surface area contributed by atoms with Crippen LogP contribution in [0.4, 0.5) is 4.79 Å². The van der Waals surface area contributed by atoms with Crippen molar-refractivity contribution in [1.29, 1.82) is 0 Å². The topological polar surface area (TPSA) is 99.7 Å². The first-order valence-electron chi connectivity index (χ1n) is 6.06. The van der Waals surface area contributed by atoms with E-state index in [0.717, 1.165) is 0 Å². The smallest absolute Gasteiger partial charge is 0.322 e. The number of rotatable bonds is 0. The van der Waals surface area contributed by atoms with Gasteiger partial charge in [-0.1, -0.05) is 0 Å². The second-order valence-electron chi connectivity index (χ2n) is 4.81. The Morgan fingerprint density at radius 2 is 2.00 bits per heavy atom. The van der Waals surface area contributed by atoms with Crippen LogP contribution in [-0.4, -0.2) is 29.0 Å². The standard InChI is InChI=1S/C12H10N2O5S/c15-10-12(14-11(16)13-10)1-2-20(17)9-4-8-7(3-6(9)12)18-5-19-8/h3-4H,1-2,5H2,(H2,13,14,15,16). The first-order chi connectivity index (χ1) is 9.60. The lowest BCUT2D eigenvalue weighted by molar-refractivity contribution is -0.124. The molecule has 3 heterocycles. The number of amides is 3. The van der Waals surface area contributed by atoms with Gasteiger partial charge in [0, 0.05) is 18.1 Å². The summed E-state index contributed by atoms with van der Waals surface area (Å²) >= 11 is -1.22. The minimum Gasteiger partial charge on any atom is -0.611 e. The molecule has 0 radical (unpaired) electrons. The Kier molecular flexibility index (Phi) is 2.25. The number of imide groups is 1. The van der Waals surface area contributed by atoms with Crippen LogP contribution < -0.4 is 20.1 Å². The highest BCUT2D eigenvalue weighted by atomic mass is 32.2. The zero-order valence-electron chi connectivity index (χ0n) is 10.2. The second kappa shape index (κ2) is 3.80. The predicted molar refractivity (Wildman–Crippen MR) is 66.8 cm³/mol. The Morgan fingerprint density at radius 1 is 1.25 bits per heavy atom. The Bertz CT molecular complexity index is 649. The number of carbonyl (C=O) groups is 2. The first kappa shape index (κ1) is 11.9. The van der Waals surface area contributed by atoms with Gasteiger partial charge in [0.15, 0.2) is 21.9 Å². The fraction of sp³-hybridized carbons (Fsp3) is 0.333. The van der Waals surface area contributed by atoms with Gasteiger partial charge >= 0.3 is 6.03 Å². The number of benzene rings is 1. The zero-order chi connectivity index (χ0) is 13.9. The van der Waals surface area contributed by atoms with Gasteiger partial charge in [0.25, 0.3) is 5.91 Å². The van der Waals surface area contributed by atoms with E-state index in [1.54, 1.807) is 12.1 Å². The SMILES string of the molecule is O=C1NC(=O)C2(CC[S+]([O-])c3cc4c(cc32)OCO4)N1. The largest absolute Gasteiger partial charge is 0.611 e. The minimum atomic E-state index is -1.22. The quantitative estimate of drug-likeness (QED) is 0.516. The molecule has 3 amide bonds. The van der Waals surface area contributed by atoms with E-state index in [9.17, 15) is 14.1 Å². The fourth-order valence-corrected chi connectivity index (χ4v) is 4.22. The van der Waals surface area contributed by atoms with E-state index in [4.69, 9.17) is 9.47 Å². The lowest BCUT2D eigenvalue weighted by atomic mass is 9.86. The summed E-state index contributed by atoms with van der Waals surface area (Å²) in [5, 5.41) is 4.90. The van der Waals surface area contributed by atoms with E-state index in [2.05, 4.69) is 10.6 Å². The second-order valence-corrected chi connectivity index (χ2v) is 6.35. The van der Waals surface area contributed by atoms with Crippen LogP contribution in [0.25, 0.3) is 0 Å². The Balaban J connectivity index is 1.93. The van der Waals surface area contributed by atoms with E-state index < -0.39 is 28.7 Å². The highest BCUT2D eigenvalue weighted by Crippen LogP contribution is 2.45. The first-order valence-corrected chi connectivity index (χ1v) is 7.38. The van der Waals surface area contributed by atoms with E-state index in [1.807, 2.05) is 0 Å². The van der Waals surface area contributed by atoms with Crippen molar-refractivity contribution < 1.29 is 23.6 Å². The van der Waals surface area contributed by atoms with E-state index in [0.29, 0.717) is 34.1 Å². The van der Waals surface area contributed by atoms with E-state index in [-0.39, 0.29) is 6.79 Å². The van der Waals surface area contributed by atoms with Gasteiger partial charge < -0.3 is 19.3 Å². The number of hydrogen-bond acceptors (Lipinski definition) is 5. The number of nitrogens with one attached hydrogen (secondary N) is 2. The summed E-state index contributed by atoms with van der Waals surface area (Å²) in [6, 6.07) is 2.73. The summed E-state index contributed by atoms with van der Waals surface area (Å²) in [4.78, 5) is 24.2. The molecular formula is C12H10N2O5S. The van der Waals surface area contributed by atoms with Crippen molar-refractivity contribution in [3.05, 3.63) is 17.7 Å². The van der Waals surface area contributed by atoms with Crippen molar-refractivity contribution in [2.45, 2.75) is 16.9 Å². The average molecular weight is 294 g/mol. The van der Waals surface area contributed by atoms with Crippen LogP contribution in [0.2, 0.25) is 0 Å². The van der Waals surface area contributed by atoms with Crippen molar-refractivity contribution in [3.63, 3.8) is 0 Å². The molecule has 1 aromatic rings. The van der Waals surface area contributed by atoms with Crippen molar-refractivity contribution >= 4 is 23.1 Å². The van der Waals surface area contributed by atoms with Gasteiger partial charge in [-0.25, -0.2) is 4.79 Å². The van der Waals surface area contributed by atoms with Crippen molar-refractivity contribution in [3.8, 4) is 11.5 Å². The summed E-state index contributed by atoms with van der Waals surface area (Å²) < 4.78 is 22.8. The van der Waals surface area contributed by atoms with Gasteiger partial charge in [-0.2, -0.15) is 0 Å². The van der Waals surface area contributed by atoms with Gasteiger partial charge in [-0.3, -0.25) is 10.1 Å². The Morgan fingerprint density at radius 3 is 2.70 bits per heavy atom. The maximum atomic E-state index is 12.2. The molecule has 1 spiro atoms. The van der Waals surface area contributed by atoms with E-state index in [1.165, 1.54) is 0 Å². The number of fused-ring (bicyclic) bond motifs is 3. The molecule has 3 aliphatic rings. The third kappa shape index (κ3) is 1.40. The molecule has 104 valence electrons. The number of urea groups is 1. The van der Waals surface area contributed by atoms with Crippen LogP contribution in [0.5, 0.6) is 11.5 Å². The van der Waals surface area contributed by atoms with Crippen molar-refractivity contribution in [1.82, 2.24) is 10.6 Å². The Hall–Kier alpha value is -1.93. The maximum absolute atomic E-state index is 12.2. The summed E-state index contributed by atoms with van der Waals surface area (Å²) in [5.74, 6) is 0.898. The van der Waals surface area contributed by atoms with Crippen LogP contribution >= 0.6 is 0 Å². The van der Waals surface area contributed by atoms with Crippen LogP contribution in [0.1, 0.15) is 12.0 Å². The monoisotopic (exact) mass is 294 g/mol. The molecule has 1 aromatic carbocycles. The lowest BCUT2D eigenvalue weighted by Gasteiger charge is -2.32. The molecule has 20 heavy (non-hydrogen) atoms. The molecule has 0 aromatic heterocycles. The summed E-state index contributed by atoms with van der Waals surface area (Å²) in [6.07, 6.45) is 0.295. The molecule has 2 N–H and O–H groups in total. The van der Waals surface area contributed by atoms with Crippen LogP contribution in [0, 0.1) is 0 Å². The molecule has 3 aliphatic heterocycles. The molecule has 1 saturated heterocycles. The predicted octanol–water partition coefficient (Wildman–Crippen LogP) is -0.0387. The summed E-state index contributed by atoms with van der Waals surface area (Å²) in [7, 11) is 0. The lowest BCUT2D eigenvalue weighted by Crippen LogP contribution is -2.48. The molecular weight excluding hydrogens is 284 g/mol. The van der Waals surface area contributed by atoms with Gasteiger partial charge in [0.2, 0.25) is 6.79 Å². The molecule has 2 atom stereocenters. The third-order valence-corrected chi connectivity index (χ3v) is 5.19. The van der Waals surface area contributed by atoms with Gasteiger partial charge in [0.1, 0.15) is 5.75 Å². The molecule has 0 aliphatic carbocycles. The van der Waals surface area contributed by atoms with Crippen molar-refractivity contribution in [2.75, 3.05) is 12.5 Å². The maximum Gasteiger partial charge on any atom is 0.322 e. The number of carbonyl (C=O) groups excluding carboxylic acids is 2. The third-order valence-electron chi connectivity index (χ3n) is 3.78. The molecule has 2 unspecified atom stereocenters. The number of ether oxygens (including phenoxy) is 2. The molecule has 7 nitrogen and oxygen atoms in total. The summed E-state index contributed by atoms with van der Waals surface area (Å²) in [6.45, 7) is 0.0937. The molecule has 8 heteroatoms. The van der Waals surface area contributed by atoms with Crippen molar-refractivity contribution in [2.24, 2.45) is 0 Å². The van der Waals surface area contributed by atoms with E-state index >= 15 is 0 Å².